The van der Waals surface area contributed by atoms with Crippen molar-refractivity contribution in [3.8, 4) is 0 Å². The first-order chi connectivity index (χ1) is 5.68. The number of Topliss-reactive ketones (excluding diaryl/α,β-unsaturated/α-hetero) is 1. The van der Waals surface area contributed by atoms with Crippen LogP contribution >= 0.6 is 0 Å². The van der Waals surface area contributed by atoms with E-state index in [1.807, 2.05) is 13.8 Å². The van der Waals surface area contributed by atoms with Gasteiger partial charge in [0.05, 0.1) is 0 Å². The van der Waals surface area contributed by atoms with Crippen LogP contribution in [0.5, 0.6) is 0 Å². The molecule has 0 bridgehead atoms. The number of nitrogens with one attached hydrogen (secondary N) is 1. The molecule has 0 aliphatic carbocycles. The molecule has 13 heavy (non-hydrogen) atoms. The summed E-state index contributed by atoms with van der Waals surface area (Å²) in [7, 11) is 0. The molecule has 0 amide bonds. The molecule has 0 aromatic heterocycles. The van der Waals surface area contributed by atoms with E-state index < -0.39 is 0 Å². The third-order valence-corrected chi connectivity index (χ3v) is 1.99. The fourth-order valence-electron chi connectivity index (χ4n) is 1.07. The summed E-state index contributed by atoms with van der Waals surface area (Å²) in [6, 6.07) is 0. The summed E-state index contributed by atoms with van der Waals surface area (Å²) >= 11 is 0. The number of hydrogen-bond acceptors (Lipinski definition) is 1. The first kappa shape index (κ1) is 16.7. The van der Waals surface area contributed by atoms with Gasteiger partial charge in [-0.15, -0.1) is 0 Å². The van der Waals surface area contributed by atoms with E-state index in [0.29, 0.717) is 12.3 Å². The minimum Gasteiger partial charge on any atom is -0.677 e. The molecule has 1 N–H and O–H groups in total. The van der Waals surface area contributed by atoms with Crippen molar-refractivity contribution in [1.82, 2.24) is 0 Å². The van der Waals surface area contributed by atoms with E-state index in [1.165, 1.54) is 0 Å². The molecule has 0 saturated carbocycles. The van der Waals surface area contributed by atoms with Crippen LogP contribution in [0, 0.1) is 5.92 Å². The second-order valence-electron chi connectivity index (χ2n) is 3.54. The fourth-order valence-corrected chi connectivity index (χ4v) is 1.07. The van der Waals surface area contributed by atoms with E-state index in [0.717, 1.165) is 32.1 Å². The Morgan fingerprint density at radius 2 is 1.69 bits per heavy atom. The Morgan fingerprint density at radius 1 is 1.15 bits per heavy atom. The van der Waals surface area contributed by atoms with Crippen molar-refractivity contribution >= 4 is 5.78 Å². The SMILES string of the molecule is CC(C)C(=O)CCCCCC[NH-].[K+]. The van der Waals surface area contributed by atoms with Gasteiger partial charge < -0.3 is 5.73 Å². The van der Waals surface area contributed by atoms with Crippen LogP contribution in [0.1, 0.15) is 46.0 Å². The number of carbonyl (C=O) groups excluding carboxylic acids is 1. The van der Waals surface area contributed by atoms with Gasteiger partial charge in [0.1, 0.15) is 5.78 Å². The predicted octanol–water partition coefficient (Wildman–Crippen LogP) is 0.218. The number of hydrogen-bond donors (Lipinski definition) is 0. The zero-order valence-electron chi connectivity index (χ0n) is 9.23. The fraction of sp³-hybridized carbons (Fsp3) is 0.900. The van der Waals surface area contributed by atoms with Crippen LogP contribution in [-0.4, -0.2) is 12.3 Å². The average Bonchev–Trinajstić information content (AvgIpc) is 2.03. The topological polar surface area (TPSA) is 40.9 Å². The van der Waals surface area contributed by atoms with Crippen LogP contribution in [0.2, 0.25) is 0 Å². The van der Waals surface area contributed by atoms with Crippen LogP contribution in [-0.2, 0) is 4.79 Å². The quantitative estimate of drug-likeness (QED) is 0.437. The Hall–Kier alpha value is 1.27. The summed E-state index contributed by atoms with van der Waals surface area (Å²) in [4.78, 5) is 11.1. The van der Waals surface area contributed by atoms with Gasteiger partial charge in [-0.2, -0.15) is 6.54 Å². The molecule has 0 unspecified atom stereocenters. The van der Waals surface area contributed by atoms with Crippen LogP contribution in [0.25, 0.3) is 5.73 Å². The van der Waals surface area contributed by atoms with E-state index in [2.05, 4.69) is 0 Å². The third-order valence-electron chi connectivity index (χ3n) is 1.99. The maximum absolute atomic E-state index is 11.1. The molecule has 0 radical (unpaired) electrons. The van der Waals surface area contributed by atoms with Gasteiger partial charge >= 0.3 is 51.4 Å². The summed E-state index contributed by atoms with van der Waals surface area (Å²) in [6.45, 7) is 4.43. The molecular formula is C10H20KNO. The summed E-state index contributed by atoms with van der Waals surface area (Å²) in [5.74, 6) is 0.571. The van der Waals surface area contributed by atoms with E-state index in [-0.39, 0.29) is 57.3 Å². The molecule has 0 heterocycles. The minimum absolute atomic E-state index is 0. The van der Waals surface area contributed by atoms with Crippen LogP contribution in [0.4, 0.5) is 0 Å². The van der Waals surface area contributed by atoms with Crippen molar-refractivity contribution in [1.29, 1.82) is 0 Å². The molecule has 3 heteroatoms. The van der Waals surface area contributed by atoms with Gasteiger partial charge in [-0.05, 0) is 6.42 Å². The largest absolute Gasteiger partial charge is 1.00 e. The molecule has 0 aliphatic heterocycles. The summed E-state index contributed by atoms with van der Waals surface area (Å²) < 4.78 is 0. The Morgan fingerprint density at radius 3 is 2.15 bits per heavy atom. The molecule has 0 fully saturated rings. The van der Waals surface area contributed by atoms with Crippen molar-refractivity contribution in [2.45, 2.75) is 46.0 Å². The Balaban J connectivity index is 0. The predicted molar refractivity (Wildman–Crippen MR) is 52.1 cm³/mol. The monoisotopic (exact) mass is 209 g/mol. The molecule has 0 rings (SSSR count). The van der Waals surface area contributed by atoms with Gasteiger partial charge in [-0.3, -0.25) is 4.79 Å². The maximum atomic E-state index is 11.1. The Labute approximate surface area is 124 Å². The normalized spacial score (nSPS) is 9.85. The second-order valence-corrected chi connectivity index (χ2v) is 3.54. The van der Waals surface area contributed by atoms with Crippen molar-refractivity contribution < 1.29 is 56.2 Å². The molecule has 2 nitrogen and oxygen atoms in total. The van der Waals surface area contributed by atoms with Gasteiger partial charge in [0.15, 0.2) is 0 Å². The van der Waals surface area contributed by atoms with Crippen molar-refractivity contribution in [3.63, 3.8) is 0 Å². The number of ketones is 1. The van der Waals surface area contributed by atoms with Gasteiger partial charge in [0.2, 0.25) is 0 Å². The first-order valence-corrected chi connectivity index (χ1v) is 4.85. The molecule has 0 saturated heterocycles. The zero-order valence-corrected chi connectivity index (χ0v) is 12.4. The molecule has 0 aliphatic rings. The van der Waals surface area contributed by atoms with E-state index in [4.69, 9.17) is 5.73 Å². The van der Waals surface area contributed by atoms with E-state index in [9.17, 15) is 4.79 Å². The van der Waals surface area contributed by atoms with Gasteiger partial charge in [0.25, 0.3) is 0 Å². The van der Waals surface area contributed by atoms with Crippen LogP contribution < -0.4 is 51.4 Å². The smallest absolute Gasteiger partial charge is 0.677 e. The van der Waals surface area contributed by atoms with Gasteiger partial charge in [0, 0.05) is 12.3 Å². The molecule has 72 valence electrons. The summed E-state index contributed by atoms with van der Waals surface area (Å²) in [6.07, 6.45) is 4.94. The van der Waals surface area contributed by atoms with Crippen molar-refractivity contribution in [2.75, 3.05) is 6.54 Å². The first-order valence-electron chi connectivity index (χ1n) is 4.85. The molecule has 0 aromatic carbocycles. The molecule has 0 atom stereocenters. The maximum Gasteiger partial charge on any atom is 1.00 e. The Kier molecular flexibility index (Phi) is 14.6. The van der Waals surface area contributed by atoms with E-state index in [1.54, 1.807) is 0 Å². The molecular weight excluding hydrogens is 189 g/mol. The van der Waals surface area contributed by atoms with Crippen molar-refractivity contribution in [2.24, 2.45) is 5.92 Å². The van der Waals surface area contributed by atoms with Gasteiger partial charge in [-0.1, -0.05) is 33.1 Å². The number of rotatable bonds is 7. The van der Waals surface area contributed by atoms with E-state index >= 15 is 0 Å². The second kappa shape index (κ2) is 11.3. The average molecular weight is 209 g/mol. The standard InChI is InChI=1S/C10H20NO.K/c1-9(2)10(12)7-5-3-4-6-8-11;/h9,11H,3-8H2,1-2H3;/q-1;+1. The zero-order chi connectivity index (χ0) is 9.40. The number of carbonyl (C=O) groups is 1. The number of unbranched alkanes of at least 4 members (excludes halogenated alkanes) is 3. The van der Waals surface area contributed by atoms with Crippen molar-refractivity contribution in [3.05, 3.63) is 5.73 Å². The molecule has 0 aromatic rings. The molecule has 0 spiro atoms. The minimum atomic E-state index is 0. The summed E-state index contributed by atoms with van der Waals surface area (Å²) in [5.41, 5.74) is 6.92. The van der Waals surface area contributed by atoms with Crippen LogP contribution in [0.15, 0.2) is 0 Å². The van der Waals surface area contributed by atoms with Gasteiger partial charge in [-0.25, -0.2) is 0 Å². The third kappa shape index (κ3) is 11.2. The Bertz CT molecular complexity index is 126. The van der Waals surface area contributed by atoms with Crippen LogP contribution in [0.3, 0.4) is 0 Å². The summed E-state index contributed by atoms with van der Waals surface area (Å²) in [5, 5.41) is 0.